The van der Waals surface area contributed by atoms with Gasteiger partial charge in [0.05, 0.1) is 5.92 Å². The molecule has 92 valence electrons. The van der Waals surface area contributed by atoms with E-state index in [1.54, 1.807) is 0 Å². The van der Waals surface area contributed by atoms with Gasteiger partial charge in [0.2, 0.25) is 0 Å². The van der Waals surface area contributed by atoms with Crippen molar-refractivity contribution in [2.45, 2.75) is 6.42 Å². The van der Waals surface area contributed by atoms with Crippen molar-refractivity contribution >= 4 is 12.1 Å². The van der Waals surface area contributed by atoms with Crippen LogP contribution in [-0.4, -0.2) is 23.8 Å². The van der Waals surface area contributed by atoms with Gasteiger partial charge < -0.3 is 10.5 Å². The third kappa shape index (κ3) is 4.21. The van der Waals surface area contributed by atoms with Gasteiger partial charge in [0, 0.05) is 6.54 Å². The van der Waals surface area contributed by atoms with Gasteiger partial charge in [-0.25, -0.2) is 10.3 Å². The van der Waals surface area contributed by atoms with Crippen molar-refractivity contribution in [2.24, 2.45) is 11.7 Å². The van der Waals surface area contributed by atoms with Crippen molar-refractivity contribution in [3.05, 3.63) is 35.9 Å². The molecule has 1 atom stereocenters. The number of carbonyl (C=O) groups is 2. The van der Waals surface area contributed by atoms with Crippen molar-refractivity contribution in [1.82, 2.24) is 5.48 Å². The smallest absolute Gasteiger partial charge is 0.374 e. The van der Waals surface area contributed by atoms with E-state index >= 15 is 0 Å². The third-order valence-corrected chi connectivity index (χ3v) is 2.23. The second kappa shape index (κ2) is 6.62. The number of benzene rings is 1. The minimum absolute atomic E-state index is 0.0619. The number of carbonyl (C=O) groups excluding carboxylic acids is 2. The molecule has 0 radical (unpaired) electrons. The maximum absolute atomic E-state index is 11.5. The van der Waals surface area contributed by atoms with Gasteiger partial charge in [-0.15, -0.1) is 0 Å². The molecule has 0 aromatic heterocycles. The van der Waals surface area contributed by atoms with Crippen LogP contribution in [0.25, 0.3) is 0 Å². The molecule has 1 aromatic carbocycles. The van der Waals surface area contributed by atoms with Crippen LogP contribution in [0.15, 0.2) is 30.3 Å². The molecule has 6 nitrogen and oxygen atoms in total. The minimum atomic E-state index is -1.21. The van der Waals surface area contributed by atoms with E-state index in [0.29, 0.717) is 6.42 Å². The molecule has 0 spiro atoms. The van der Waals surface area contributed by atoms with Gasteiger partial charge in [-0.1, -0.05) is 30.3 Å². The summed E-state index contributed by atoms with van der Waals surface area (Å²) < 4.78 is 4.31. The average molecular weight is 238 g/mol. The Kier molecular flexibility index (Phi) is 5.12. The lowest BCUT2D eigenvalue weighted by Crippen LogP contribution is -2.32. The lowest BCUT2D eigenvalue weighted by molar-refractivity contribution is -0.142. The summed E-state index contributed by atoms with van der Waals surface area (Å²) in [7, 11) is 0. The van der Waals surface area contributed by atoms with Gasteiger partial charge in [0.15, 0.2) is 0 Å². The highest BCUT2D eigenvalue weighted by Crippen LogP contribution is 2.09. The van der Waals surface area contributed by atoms with Crippen molar-refractivity contribution in [3.63, 3.8) is 0 Å². The molecule has 1 unspecified atom stereocenters. The maximum atomic E-state index is 11.5. The number of nitrogens with one attached hydrogen (secondary N) is 1. The first-order valence-electron chi connectivity index (χ1n) is 5.07. The molecule has 0 aliphatic carbocycles. The molecule has 6 heteroatoms. The Morgan fingerprint density at radius 1 is 1.35 bits per heavy atom. The van der Waals surface area contributed by atoms with E-state index in [4.69, 9.17) is 10.9 Å². The van der Waals surface area contributed by atoms with Crippen molar-refractivity contribution in [1.29, 1.82) is 0 Å². The Morgan fingerprint density at radius 2 is 2.00 bits per heavy atom. The van der Waals surface area contributed by atoms with Crippen molar-refractivity contribution < 1.29 is 19.5 Å². The highest BCUT2D eigenvalue weighted by molar-refractivity contribution is 5.85. The molecule has 1 rings (SSSR count). The first kappa shape index (κ1) is 13.1. The highest BCUT2D eigenvalue weighted by atomic mass is 16.6. The van der Waals surface area contributed by atoms with Crippen LogP contribution in [0.4, 0.5) is 4.79 Å². The third-order valence-electron chi connectivity index (χ3n) is 2.23. The summed E-state index contributed by atoms with van der Waals surface area (Å²) in [6.45, 7) is 0.0619. The number of rotatable bonds is 4. The first-order valence-corrected chi connectivity index (χ1v) is 5.07. The van der Waals surface area contributed by atoms with E-state index in [1.807, 2.05) is 30.3 Å². The predicted octanol–water partition coefficient (Wildman–Crippen LogP) is 0.446. The monoisotopic (exact) mass is 238 g/mol. The molecule has 0 fully saturated rings. The Labute approximate surface area is 98.3 Å². The van der Waals surface area contributed by atoms with Crippen LogP contribution in [0.1, 0.15) is 5.56 Å². The molecule has 4 N–H and O–H groups in total. The second-order valence-corrected chi connectivity index (χ2v) is 3.44. The number of hydroxylamine groups is 1. The zero-order valence-corrected chi connectivity index (χ0v) is 9.13. The maximum Gasteiger partial charge on any atom is 0.438 e. The zero-order valence-electron chi connectivity index (χ0n) is 9.13. The van der Waals surface area contributed by atoms with Gasteiger partial charge >= 0.3 is 12.1 Å². The Balaban J connectivity index is 2.59. The molecular formula is C11H14N2O4. The molecule has 0 aliphatic rings. The van der Waals surface area contributed by atoms with Gasteiger partial charge in [-0.2, -0.15) is 0 Å². The number of esters is 1. The largest absolute Gasteiger partial charge is 0.438 e. The molecule has 0 bridgehead atoms. The van der Waals surface area contributed by atoms with Crippen LogP contribution >= 0.6 is 0 Å². The summed E-state index contributed by atoms with van der Waals surface area (Å²) in [5, 5.41) is 8.22. The number of hydrogen-bond acceptors (Lipinski definition) is 5. The number of nitrogens with two attached hydrogens (primary N) is 1. The van der Waals surface area contributed by atoms with Crippen LogP contribution in [0, 0.1) is 5.92 Å². The summed E-state index contributed by atoms with van der Waals surface area (Å²) >= 11 is 0. The van der Waals surface area contributed by atoms with E-state index in [0.717, 1.165) is 5.56 Å². The average Bonchev–Trinajstić information content (AvgIpc) is 2.36. The summed E-state index contributed by atoms with van der Waals surface area (Å²) in [6.07, 6.45) is -0.823. The van der Waals surface area contributed by atoms with Crippen LogP contribution in [0.3, 0.4) is 0 Å². The Hall–Kier alpha value is -1.92. The van der Waals surface area contributed by atoms with E-state index in [2.05, 4.69) is 4.74 Å². The molecule has 0 aliphatic heterocycles. The SMILES string of the molecule is NCC(Cc1ccccc1)C(=O)OC(=O)NO. The fourth-order valence-electron chi connectivity index (χ4n) is 1.36. The quantitative estimate of drug-likeness (QED) is 0.306. The summed E-state index contributed by atoms with van der Waals surface area (Å²) in [6, 6.07) is 9.24. The van der Waals surface area contributed by atoms with Crippen LogP contribution in [0.5, 0.6) is 0 Å². The van der Waals surface area contributed by atoms with Crippen LogP contribution in [0.2, 0.25) is 0 Å². The predicted molar refractivity (Wildman–Crippen MR) is 59.1 cm³/mol. The second-order valence-electron chi connectivity index (χ2n) is 3.44. The van der Waals surface area contributed by atoms with Crippen molar-refractivity contribution in [2.75, 3.05) is 6.54 Å². The van der Waals surface area contributed by atoms with Gasteiger partial charge in [0.1, 0.15) is 0 Å². The summed E-state index contributed by atoms with van der Waals surface area (Å²) in [5.74, 6) is -1.38. The lowest BCUT2D eigenvalue weighted by atomic mass is 10.00. The molecule has 17 heavy (non-hydrogen) atoms. The van der Waals surface area contributed by atoms with Crippen LogP contribution < -0.4 is 11.2 Å². The minimum Gasteiger partial charge on any atom is -0.374 e. The van der Waals surface area contributed by atoms with Gasteiger partial charge in [-0.3, -0.25) is 10.0 Å². The summed E-state index contributed by atoms with van der Waals surface area (Å²) in [4.78, 5) is 22.1. The highest BCUT2D eigenvalue weighted by Gasteiger charge is 2.21. The lowest BCUT2D eigenvalue weighted by Gasteiger charge is -2.12. The molecule has 1 aromatic rings. The molecular weight excluding hydrogens is 224 g/mol. The molecule has 0 saturated carbocycles. The molecule has 0 heterocycles. The fraction of sp³-hybridized carbons (Fsp3) is 0.273. The standard InChI is InChI=1S/C11H14N2O4/c12-7-9(10(14)17-11(15)13-16)6-8-4-2-1-3-5-8/h1-5,9,16H,6-7,12H2,(H,13,15). The van der Waals surface area contributed by atoms with Gasteiger partial charge in [0.25, 0.3) is 0 Å². The molecule has 1 amide bonds. The normalized spacial score (nSPS) is 11.6. The number of amides is 1. The fourth-order valence-corrected chi connectivity index (χ4v) is 1.36. The summed E-state index contributed by atoms with van der Waals surface area (Å²) in [5.41, 5.74) is 7.58. The van der Waals surface area contributed by atoms with E-state index in [9.17, 15) is 9.59 Å². The Morgan fingerprint density at radius 3 is 2.53 bits per heavy atom. The first-order chi connectivity index (χ1) is 8.17. The van der Waals surface area contributed by atoms with Crippen LogP contribution in [-0.2, 0) is 16.0 Å². The van der Waals surface area contributed by atoms with E-state index in [1.165, 1.54) is 5.48 Å². The van der Waals surface area contributed by atoms with E-state index < -0.39 is 18.0 Å². The van der Waals surface area contributed by atoms with E-state index in [-0.39, 0.29) is 6.54 Å². The molecule has 0 saturated heterocycles. The zero-order chi connectivity index (χ0) is 12.7. The Bertz CT molecular complexity index is 380. The number of ether oxygens (including phenoxy) is 1. The topological polar surface area (TPSA) is 102 Å². The van der Waals surface area contributed by atoms with Crippen molar-refractivity contribution in [3.8, 4) is 0 Å². The number of hydrogen-bond donors (Lipinski definition) is 3. The van der Waals surface area contributed by atoms with Gasteiger partial charge in [-0.05, 0) is 12.0 Å².